The maximum absolute atomic E-state index is 13.0. The molecule has 0 bridgehead atoms. The van der Waals surface area contributed by atoms with Gasteiger partial charge in [-0.2, -0.15) is 18.2 Å². The highest BCUT2D eigenvalue weighted by Crippen LogP contribution is 2.34. The Bertz CT molecular complexity index is 1110. The number of carbonyl (C=O) groups is 1. The summed E-state index contributed by atoms with van der Waals surface area (Å²) in [5.74, 6) is 0.0755. The molecule has 1 fully saturated rings. The third-order valence-electron chi connectivity index (χ3n) is 4.43. The van der Waals surface area contributed by atoms with E-state index in [9.17, 15) is 23.1 Å². The molecule has 0 spiro atoms. The van der Waals surface area contributed by atoms with E-state index >= 15 is 0 Å². The summed E-state index contributed by atoms with van der Waals surface area (Å²) in [5.41, 5.74) is 4.66. The average molecular weight is 432 g/mol. The summed E-state index contributed by atoms with van der Waals surface area (Å²) in [5, 5.41) is 10.6. The topological polar surface area (TPSA) is 118 Å². The fraction of sp³-hybridized carbons (Fsp3) is 0.158. The normalized spacial score (nSPS) is 16.6. The average Bonchev–Trinajstić information content (AvgIpc) is 3.02. The van der Waals surface area contributed by atoms with Crippen LogP contribution in [-0.4, -0.2) is 38.9 Å². The number of aliphatic hydroxyl groups is 1. The molecule has 1 saturated heterocycles. The number of anilines is 3. The van der Waals surface area contributed by atoms with Crippen molar-refractivity contribution in [3.05, 3.63) is 60.4 Å². The number of amides is 1. The van der Waals surface area contributed by atoms with Gasteiger partial charge in [0.05, 0.1) is 11.8 Å². The van der Waals surface area contributed by atoms with Gasteiger partial charge in [0, 0.05) is 18.0 Å². The van der Waals surface area contributed by atoms with E-state index in [0.717, 1.165) is 21.9 Å². The Hall–Kier alpha value is -3.93. The van der Waals surface area contributed by atoms with E-state index in [2.05, 4.69) is 15.0 Å². The SMILES string of the molecule is Nc1nccc(Oc2ccc(N3C(=O)CN(c4cccc(C(F)(F)F)c4)C3O)nc2)n1. The highest BCUT2D eigenvalue weighted by atomic mass is 19.4. The van der Waals surface area contributed by atoms with E-state index < -0.39 is 24.0 Å². The van der Waals surface area contributed by atoms with Crippen molar-refractivity contribution < 1.29 is 27.8 Å². The van der Waals surface area contributed by atoms with Crippen LogP contribution in [0.25, 0.3) is 0 Å². The molecule has 12 heteroatoms. The van der Waals surface area contributed by atoms with Crippen LogP contribution in [0.2, 0.25) is 0 Å². The molecule has 31 heavy (non-hydrogen) atoms. The molecule has 1 aliphatic heterocycles. The van der Waals surface area contributed by atoms with Crippen LogP contribution in [-0.2, 0) is 11.0 Å². The summed E-state index contributed by atoms with van der Waals surface area (Å²) in [7, 11) is 0. The Morgan fingerprint density at radius 3 is 2.65 bits per heavy atom. The molecule has 0 aliphatic carbocycles. The standard InChI is InChI=1S/C19H15F3N6O3/c20-19(21,22)11-2-1-3-12(8-11)27-10-16(29)28(18(27)30)14-5-4-13(9-25-14)31-15-6-7-24-17(23)26-15/h1-9,18,30H,10H2,(H2,23,24,26). The van der Waals surface area contributed by atoms with Crippen LogP contribution in [0.15, 0.2) is 54.9 Å². The fourth-order valence-corrected chi connectivity index (χ4v) is 3.01. The van der Waals surface area contributed by atoms with E-state index in [4.69, 9.17) is 10.5 Å². The van der Waals surface area contributed by atoms with Crippen molar-refractivity contribution in [2.45, 2.75) is 12.5 Å². The molecule has 0 radical (unpaired) electrons. The fourth-order valence-electron chi connectivity index (χ4n) is 3.01. The molecule has 1 atom stereocenters. The lowest BCUT2D eigenvalue weighted by molar-refractivity contribution is -0.137. The van der Waals surface area contributed by atoms with Crippen molar-refractivity contribution in [2.75, 3.05) is 22.1 Å². The summed E-state index contributed by atoms with van der Waals surface area (Å²) in [6.45, 7) is -0.317. The molecule has 1 unspecified atom stereocenters. The predicted octanol–water partition coefficient (Wildman–Crippen LogP) is 2.39. The van der Waals surface area contributed by atoms with Crippen LogP contribution in [0.3, 0.4) is 0 Å². The second-order valence-corrected chi connectivity index (χ2v) is 6.49. The summed E-state index contributed by atoms with van der Waals surface area (Å²) < 4.78 is 44.5. The molecule has 1 aliphatic rings. The lowest BCUT2D eigenvalue weighted by atomic mass is 10.2. The maximum Gasteiger partial charge on any atom is 0.416 e. The smallest absolute Gasteiger partial charge is 0.416 e. The molecule has 3 N–H and O–H groups in total. The van der Waals surface area contributed by atoms with Crippen LogP contribution >= 0.6 is 0 Å². The van der Waals surface area contributed by atoms with E-state index in [1.54, 1.807) is 0 Å². The van der Waals surface area contributed by atoms with Crippen molar-refractivity contribution in [1.29, 1.82) is 0 Å². The van der Waals surface area contributed by atoms with Crippen LogP contribution in [0.1, 0.15) is 5.56 Å². The number of ether oxygens (including phenoxy) is 1. The highest BCUT2D eigenvalue weighted by molar-refractivity contribution is 5.99. The number of carbonyl (C=O) groups excluding carboxylic acids is 1. The zero-order chi connectivity index (χ0) is 22.2. The third kappa shape index (κ3) is 4.19. The van der Waals surface area contributed by atoms with Crippen molar-refractivity contribution >= 4 is 23.4 Å². The molecule has 3 heterocycles. The van der Waals surface area contributed by atoms with Gasteiger partial charge in [-0.15, -0.1) is 0 Å². The van der Waals surface area contributed by atoms with E-state index in [1.807, 2.05) is 0 Å². The molecule has 2 aromatic heterocycles. The summed E-state index contributed by atoms with van der Waals surface area (Å²) >= 11 is 0. The molecule has 160 valence electrons. The molecule has 4 rings (SSSR count). The van der Waals surface area contributed by atoms with Gasteiger partial charge in [0.25, 0.3) is 5.91 Å². The van der Waals surface area contributed by atoms with Gasteiger partial charge in [0.2, 0.25) is 18.2 Å². The zero-order valence-corrected chi connectivity index (χ0v) is 15.7. The quantitative estimate of drug-likeness (QED) is 0.645. The number of aliphatic hydroxyl groups excluding tert-OH is 1. The summed E-state index contributed by atoms with van der Waals surface area (Å²) in [4.78, 5) is 26.3. The van der Waals surface area contributed by atoms with Gasteiger partial charge in [-0.1, -0.05) is 6.07 Å². The molecule has 3 aromatic rings. The predicted molar refractivity (Wildman–Crippen MR) is 103 cm³/mol. The first kappa shape index (κ1) is 20.3. The van der Waals surface area contributed by atoms with Gasteiger partial charge in [-0.25, -0.2) is 14.9 Å². The molecular weight excluding hydrogens is 417 g/mol. The Kier molecular flexibility index (Phi) is 5.07. The largest absolute Gasteiger partial charge is 0.437 e. The number of hydrogen-bond donors (Lipinski definition) is 2. The minimum absolute atomic E-state index is 0.0301. The maximum atomic E-state index is 13.0. The third-order valence-corrected chi connectivity index (χ3v) is 4.43. The van der Waals surface area contributed by atoms with Gasteiger partial charge >= 0.3 is 6.18 Å². The van der Waals surface area contributed by atoms with Crippen LogP contribution < -0.4 is 20.3 Å². The number of aromatic nitrogens is 3. The lowest BCUT2D eigenvalue weighted by Crippen LogP contribution is -2.40. The summed E-state index contributed by atoms with van der Waals surface area (Å²) in [6, 6.07) is 8.79. The van der Waals surface area contributed by atoms with Gasteiger partial charge in [-0.05, 0) is 30.3 Å². The summed E-state index contributed by atoms with van der Waals surface area (Å²) in [6.07, 6.45) is -3.35. The number of nitrogens with zero attached hydrogens (tertiary/aromatic N) is 5. The minimum atomic E-state index is -4.55. The van der Waals surface area contributed by atoms with Gasteiger partial charge in [-0.3, -0.25) is 4.79 Å². The van der Waals surface area contributed by atoms with Crippen molar-refractivity contribution in [3.63, 3.8) is 0 Å². The van der Waals surface area contributed by atoms with E-state index in [-0.39, 0.29) is 35.6 Å². The minimum Gasteiger partial charge on any atom is -0.437 e. The number of rotatable bonds is 4. The Balaban J connectivity index is 1.53. The lowest BCUT2D eigenvalue weighted by Gasteiger charge is -2.26. The number of nitrogens with two attached hydrogens (primary N) is 1. The number of benzene rings is 1. The second-order valence-electron chi connectivity index (χ2n) is 6.49. The monoisotopic (exact) mass is 432 g/mol. The van der Waals surface area contributed by atoms with Gasteiger partial charge in [0.15, 0.2) is 0 Å². The molecule has 1 amide bonds. The van der Waals surface area contributed by atoms with E-state index in [0.29, 0.717) is 0 Å². The van der Waals surface area contributed by atoms with Gasteiger partial charge in [0.1, 0.15) is 18.1 Å². The first-order valence-electron chi connectivity index (χ1n) is 8.89. The van der Waals surface area contributed by atoms with Gasteiger partial charge < -0.3 is 20.5 Å². The van der Waals surface area contributed by atoms with Crippen molar-refractivity contribution in [2.24, 2.45) is 0 Å². The van der Waals surface area contributed by atoms with Crippen molar-refractivity contribution in [1.82, 2.24) is 15.0 Å². The Morgan fingerprint density at radius 2 is 1.97 bits per heavy atom. The first-order chi connectivity index (χ1) is 14.7. The van der Waals surface area contributed by atoms with E-state index in [1.165, 1.54) is 42.7 Å². The number of halogens is 3. The molecule has 1 aromatic carbocycles. The van der Waals surface area contributed by atoms with Crippen LogP contribution in [0, 0.1) is 0 Å². The Labute approximate surface area is 173 Å². The van der Waals surface area contributed by atoms with Crippen molar-refractivity contribution in [3.8, 4) is 11.6 Å². The number of hydrogen-bond acceptors (Lipinski definition) is 8. The first-order valence-corrected chi connectivity index (χ1v) is 8.89. The number of alkyl halides is 3. The number of nitrogen functional groups attached to an aromatic ring is 1. The highest BCUT2D eigenvalue weighted by Gasteiger charge is 2.39. The zero-order valence-electron chi connectivity index (χ0n) is 15.7. The van der Waals surface area contributed by atoms with Crippen LogP contribution in [0.4, 0.5) is 30.6 Å². The number of pyridine rings is 1. The molecule has 0 saturated carbocycles. The second kappa shape index (κ2) is 7.72. The molecule has 9 nitrogen and oxygen atoms in total. The molecular formula is C19H15F3N6O3. The van der Waals surface area contributed by atoms with Crippen LogP contribution in [0.5, 0.6) is 11.6 Å². The Morgan fingerprint density at radius 1 is 1.16 bits per heavy atom.